The zero-order valence-corrected chi connectivity index (χ0v) is 13.4. The van der Waals surface area contributed by atoms with Crippen molar-refractivity contribution in [3.05, 3.63) is 82.9 Å². The van der Waals surface area contributed by atoms with E-state index in [9.17, 15) is 0 Å². The van der Waals surface area contributed by atoms with Crippen molar-refractivity contribution in [1.29, 1.82) is 0 Å². The highest BCUT2D eigenvalue weighted by Crippen LogP contribution is 2.30. The maximum absolute atomic E-state index is 5.86. The van der Waals surface area contributed by atoms with E-state index >= 15 is 0 Å². The summed E-state index contributed by atoms with van der Waals surface area (Å²) in [7, 11) is 0. The third-order valence-corrected chi connectivity index (χ3v) is 3.72. The summed E-state index contributed by atoms with van der Waals surface area (Å²) < 4.78 is 5.86. The molecule has 2 aromatic carbocycles. The second kappa shape index (κ2) is 6.57. The number of benzene rings is 2. The molecule has 0 spiro atoms. The predicted molar refractivity (Wildman–Crippen MR) is 93.7 cm³/mol. The van der Waals surface area contributed by atoms with Gasteiger partial charge >= 0.3 is 0 Å². The average molecular weight is 298 g/mol. The van der Waals surface area contributed by atoms with E-state index in [0.29, 0.717) is 6.61 Å². The molecule has 0 radical (unpaired) electrons. The Morgan fingerprint density at radius 1 is 0.739 bits per heavy atom. The van der Waals surface area contributed by atoms with Crippen LogP contribution in [0.4, 0.5) is 0 Å². The van der Waals surface area contributed by atoms with E-state index in [2.05, 4.69) is 23.7 Å². The summed E-state index contributed by atoms with van der Waals surface area (Å²) >= 11 is 0. The van der Waals surface area contributed by atoms with Crippen molar-refractivity contribution in [1.82, 2.24) is 0 Å². The van der Waals surface area contributed by atoms with Crippen molar-refractivity contribution < 1.29 is 4.74 Å². The van der Waals surface area contributed by atoms with Gasteiger partial charge in [0.05, 0.1) is 12.2 Å². The first kappa shape index (κ1) is 15.2. The second-order valence-electron chi connectivity index (χ2n) is 5.88. The summed E-state index contributed by atoms with van der Waals surface area (Å²) in [6.07, 6.45) is 0. The van der Waals surface area contributed by atoms with Crippen LogP contribution in [0.15, 0.2) is 71.8 Å². The van der Waals surface area contributed by atoms with Gasteiger partial charge in [-0.2, -0.15) is 0 Å². The fraction of sp³-hybridized carbons (Fsp3) is 0.182. The lowest BCUT2D eigenvalue weighted by atomic mass is 9.96. The van der Waals surface area contributed by atoms with Crippen LogP contribution in [0.25, 0.3) is 0 Å². The molecule has 1 heterocycles. The molecule has 1 aliphatic heterocycles. The van der Waals surface area contributed by atoms with Gasteiger partial charge in [-0.15, -0.1) is 0 Å². The highest BCUT2D eigenvalue weighted by atomic mass is 16.5. The zero-order chi connectivity index (χ0) is 16.1. The lowest BCUT2D eigenvalue weighted by Crippen LogP contribution is -2.21. The van der Waals surface area contributed by atoms with Crippen LogP contribution in [0.1, 0.15) is 25.0 Å². The summed E-state index contributed by atoms with van der Waals surface area (Å²) in [6.45, 7) is 4.60. The molecule has 0 saturated heterocycles. The molecular formula is C22H18O. The summed E-state index contributed by atoms with van der Waals surface area (Å²) in [6, 6.07) is 20.0. The van der Waals surface area contributed by atoms with Crippen LogP contribution < -0.4 is 0 Å². The van der Waals surface area contributed by atoms with E-state index in [1.54, 1.807) is 0 Å². The zero-order valence-electron chi connectivity index (χ0n) is 13.4. The molecule has 23 heavy (non-hydrogen) atoms. The van der Waals surface area contributed by atoms with Crippen molar-refractivity contribution in [2.24, 2.45) is 0 Å². The highest BCUT2D eigenvalue weighted by Gasteiger charge is 2.32. The summed E-state index contributed by atoms with van der Waals surface area (Å²) in [5.74, 6) is 12.9. The standard InChI is InChI=1S/C22H18O/c1-22(2)21(16-14-19-11-7-4-8-12-19)20(17-23-22)15-13-18-9-5-3-6-10-18/h3-12H,17H2,1-2H3. The Hall–Kier alpha value is -2.74. The average Bonchev–Trinajstić information content (AvgIpc) is 2.87. The summed E-state index contributed by atoms with van der Waals surface area (Å²) in [5.41, 5.74) is 3.56. The highest BCUT2D eigenvalue weighted by molar-refractivity contribution is 5.54. The van der Waals surface area contributed by atoms with E-state index < -0.39 is 0 Å². The lowest BCUT2D eigenvalue weighted by molar-refractivity contribution is 0.0518. The van der Waals surface area contributed by atoms with Gasteiger partial charge in [0.25, 0.3) is 0 Å². The maximum atomic E-state index is 5.86. The Labute approximate surface area is 138 Å². The minimum absolute atomic E-state index is 0.386. The molecule has 1 nitrogen and oxygen atoms in total. The van der Waals surface area contributed by atoms with Gasteiger partial charge in [0.2, 0.25) is 0 Å². The van der Waals surface area contributed by atoms with Crippen LogP contribution in [-0.2, 0) is 4.74 Å². The predicted octanol–water partition coefficient (Wildman–Crippen LogP) is 4.20. The molecule has 3 rings (SSSR count). The smallest absolute Gasteiger partial charge is 0.0967 e. The molecule has 2 aromatic rings. The maximum Gasteiger partial charge on any atom is 0.0967 e. The van der Waals surface area contributed by atoms with Gasteiger partial charge < -0.3 is 4.74 Å². The molecule has 0 aliphatic carbocycles. The van der Waals surface area contributed by atoms with Crippen molar-refractivity contribution in [2.45, 2.75) is 19.4 Å². The molecule has 0 N–H and O–H groups in total. The molecular weight excluding hydrogens is 280 g/mol. The Balaban J connectivity index is 1.96. The van der Waals surface area contributed by atoms with E-state index in [0.717, 1.165) is 22.3 Å². The normalized spacial score (nSPS) is 15.4. The van der Waals surface area contributed by atoms with Gasteiger partial charge in [-0.05, 0) is 38.1 Å². The van der Waals surface area contributed by atoms with Crippen LogP contribution in [0, 0.1) is 23.7 Å². The molecule has 0 unspecified atom stereocenters. The van der Waals surface area contributed by atoms with Crippen molar-refractivity contribution in [3.63, 3.8) is 0 Å². The third-order valence-electron chi connectivity index (χ3n) is 3.72. The van der Waals surface area contributed by atoms with Gasteiger partial charge in [-0.3, -0.25) is 0 Å². The minimum atomic E-state index is -0.386. The number of rotatable bonds is 0. The Kier molecular flexibility index (Phi) is 4.33. The monoisotopic (exact) mass is 298 g/mol. The minimum Gasteiger partial charge on any atom is -0.365 e. The van der Waals surface area contributed by atoms with Crippen molar-refractivity contribution in [3.8, 4) is 23.7 Å². The molecule has 1 heteroatoms. The van der Waals surface area contributed by atoms with Crippen LogP contribution in [0.2, 0.25) is 0 Å². The SMILES string of the molecule is CC1(C)OCC(C#Cc2ccccc2)=C1C#Cc1ccccc1. The molecule has 0 amide bonds. The first-order valence-corrected chi connectivity index (χ1v) is 7.67. The van der Waals surface area contributed by atoms with Crippen molar-refractivity contribution in [2.75, 3.05) is 6.61 Å². The first-order valence-electron chi connectivity index (χ1n) is 7.67. The van der Waals surface area contributed by atoms with Gasteiger partial charge in [0.1, 0.15) is 0 Å². The van der Waals surface area contributed by atoms with Crippen LogP contribution in [0.5, 0.6) is 0 Å². The van der Waals surface area contributed by atoms with Crippen LogP contribution in [0.3, 0.4) is 0 Å². The van der Waals surface area contributed by atoms with Gasteiger partial charge in [-0.1, -0.05) is 60.1 Å². The summed E-state index contributed by atoms with van der Waals surface area (Å²) in [5, 5.41) is 0. The molecule has 0 bridgehead atoms. The number of ether oxygens (including phenoxy) is 1. The van der Waals surface area contributed by atoms with Crippen LogP contribution in [-0.4, -0.2) is 12.2 Å². The lowest BCUT2D eigenvalue weighted by Gasteiger charge is -2.17. The second-order valence-corrected chi connectivity index (χ2v) is 5.88. The van der Waals surface area contributed by atoms with Gasteiger partial charge in [0.15, 0.2) is 0 Å². The Morgan fingerprint density at radius 2 is 1.26 bits per heavy atom. The molecule has 0 atom stereocenters. The van der Waals surface area contributed by atoms with Crippen molar-refractivity contribution >= 4 is 0 Å². The van der Waals surface area contributed by atoms with E-state index in [-0.39, 0.29) is 5.60 Å². The largest absolute Gasteiger partial charge is 0.365 e. The van der Waals surface area contributed by atoms with Gasteiger partial charge in [-0.25, -0.2) is 0 Å². The van der Waals surface area contributed by atoms with E-state index in [1.165, 1.54) is 0 Å². The van der Waals surface area contributed by atoms with E-state index in [1.807, 2.05) is 74.5 Å². The van der Waals surface area contributed by atoms with E-state index in [4.69, 9.17) is 4.74 Å². The topological polar surface area (TPSA) is 9.23 Å². The fourth-order valence-electron chi connectivity index (χ4n) is 2.41. The quantitative estimate of drug-likeness (QED) is 0.663. The van der Waals surface area contributed by atoms with Gasteiger partial charge in [0, 0.05) is 22.3 Å². The van der Waals surface area contributed by atoms with Crippen LogP contribution >= 0.6 is 0 Å². The molecule has 0 saturated carbocycles. The summed E-state index contributed by atoms with van der Waals surface area (Å²) in [4.78, 5) is 0. The number of hydrogen-bond donors (Lipinski definition) is 0. The third kappa shape index (κ3) is 3.72. The fourth-order valence-corrected chi connectivity index (χ4v) is 2.41. The molecule has 0 fully saturated rings. The Morgan fingerprint density at radius 3 is 1.83 bits per heavy atom. The number of hydrogen-bond acceptors (Lipinski definition) is 1. The first-order chi connectivity index (χ1) is 11.1. The molecule has 0 aromatic heterocycles. The molecule has 112 valence electrons. The molecule has 1 aliphatic rings. The Bertz CT molecular complexity index is 835.